The highest BCUT2D eigenvalue weighted by molar-refractivity contribution is 6.31. The Labute approximate surface area is 116 Å². The molecule has 6 heteroatoms. The normalized spacial score (nSPS) is 11.9. The molecule has 3 N–H and O–H groups in total. The van der Waals surface area contributed by atoms with Gasteiger partial charge in [-0.2, -0.15) is 4.98 Å². The van der Waals surface area contributed by atoms with Crippen molar-refractivity contribution in [2.75, 3.05) is 24.2 Å². The van der Waals surface area contributed by atoms with E-state index in [0.717, 1.165) is 0 Å². The van der Waals surface area contributed by atoms with Crippen molar-refractivity contribution in [2.24, 2.45) is 0 Å². The van der Waals surface area contributed by atoms with Crippen LogP contribution < -0.4 is 10.6 Å². The molecule has 19 heavy (non-hydrogen) atoms. The molecule has 1 atom stereocenters. The summed E-state index contributed by atoms with van der Waals surface area (Å²) in [5.74, 6) is 1.17. The van der Waals surface area contributed by atoms with E-state index in [4.69, 9.17) is 11.6 Å². The van der Waals surface area contributed by atoms with Gasteiger partial charge in [-0.05, 0) is 12.1 Å². The molecule has 0 aliphatic rings. The summed E-state index contributed by atoms with van der Waals surface area (Å²) in [4.78, 5) is 8.27. The standard InChI is InChI=1S/C13H15ClN4O/c1-15-12-6-7-16-13(18-12)17-8-11(19)9-4-2-3-5-10(9)14/h2-7,11,19H,8H2,1H3,(H2,15,16,17,18)/t11-/m1/s1. The van der Waals surface area contributed by atoms with E-state index in [2.05, 4.69) is 20.6 Å². The number of nitrogens with zero attached hydrogens (tertiary/aromatic N) is 2. The van der Waals surface area contributed by atoms with Gasteiger partial charge in [-0.15, -0.1) is 0 Å². The van der Waals surface area contributed by atoms with Gasteiger partial charge in [0.05, 0.1) is 6.10 Å². The number of nitrogens with one attached hydrogen (secondary N) is 2. The van der Waals surface area contributed by atoms with Gasteiger partial charge < -0.3 is 15.7 Å². The topological polar surface area (TPSA) is 70.1 Å². The van der Waals surface area contributed by atoms with Crippen molar-refractivity contribution in [1.29, 1.82) is 0 Å². The summed E-state index contributed by atoms with van der Waals surface area (Å²) >= 11 is 6.02. The first kappa shape index (κ1) is 13.6. The van der Waals surface area contributed by atoms with Crippen LogP contribution in [0.15, 0.2) is 36.5 Å². The van der Waals surface area contributed by atoms with Crippen molar-refractivity contribution in [1.82, 2.24) is 9.97 Å². The fourth-order valence-corrected chi connectivity index (χ4v) is 1.89. The molecule has 0 spiro atoms. The second kappa shape index (κ2) is 6.36. The molecule has 0 fully saturated rings. The number of halogens is 1. The van der Waals surface area contributed by atoms with Gasteiger partial charge in [0.2, 0.25) is 5.95 Å². The number of benzene rings is 1. The molecule has 1 aromatic carbocycles. The van der Waals surface area contributed by atoms with Crippen LogP contribution >= 0.6 is 11.6 Å². The zero-order valence-electron chi connectivity index (χ0n) is 10.5. The average molecular weight is 279 g/mol. The van der Waals surface area contributed by atoms with Crippen LogP contribution in [0.3, 0.4) is 0 Å². The van der Waals surface area contributed by atoms with Gasteiger partial charge >= 0.3 is 0 Å². The Morgan fingerprint density at radius 2 is 2.11 bits per heavy atom. The molecule has 0 aliphatic carbocycles. The lowest BCUT2D eigenvalue weighted by molar-refractivity contribution is 0.191. The van der Waals surface area contributed by atoms with E-state index in [9.17, 15) is 5.11 Å². The Balaban J connectivity index is 2.00. The maximum Gasteiger partial charge on any atom is 0.224 e. The molecule has 0 saturated heterocycles. The maximum atomic E-state index is 10.1. The molecule has 1 aromatic heterocycles. The smallest absolute Gasteiger partial charge is 0.224 e. The number of hydrogen-bond donors (Lipinski definition) is 3. The zero-order chi connectivity index (χ0) is 13.7. The molecule has 0 aliphatic heterocycles. The molecule has 0 amide bonds. The number of aliphatic hydroxyl groups excluding tert-OH is 1. The Morgan fingerprint density at radius 3 is 2.84 bits per heavy atom. The summed E-state index contributed by atoms with van der Waals surface area (Å²) in [6.45, 7) is 0.289. The van der Waals surface area contributed by atoms with Gasteiger partial charge in [0, 0.05) is 30.4 Å². The van der Waals surface area contributed by atoms with Crippen LogP contribution in [0.2, 0.25) is 5.02 Å². The second-order valence-corrected chi connectivity index (χ2v) is 4.34. The summed E-state index contributed by atoms with van der Waals surface area (Å²) in [5, 5.41) is 16.5. The van der Waals surface area contributed by atoms with Gasteiger partial charge in [0.25, 0.3) is 0 Å². The Bertz CT molecular complexity index is 550. The molecule has 100 valence electrons. The minimum Gasteiger partial charge on any atom is -0.387 e. The third-order valence-corrected chi connectivity index (χ3v) is 2.97. The predicted octanol–water partition coefficient (Wildman–Crippen LogP) is 2.32. The highest BCUT2D eigenvalue weighted by Gasteiger charge is 2.11. The van der Waals surface area contributed by atoms with Crippen molar-refractivity contribution in [3.63, 3.8) is 0 Å². The monoisotopic (exact) mass is 278 g/mol. The molecule has 2 rings (SSSR count). The quantitative estimate of drug-likeness (QED) is 0.783. The van der Waals surface area contributed by atoms with Gasteiger partial charge in [-0.3, -0.25) is 0 Å². The third kappa shape index (κ3) is 3.56. The summed E-state index contributed by atoms with van der Waals surface area (Å²) in [7, 11) is 1.78. The summed E-state index contributed by atoms with van der Waals surface area (Å²) in [5.41, 5.74) is 0.682. The molecule has 0 saturated carbocycles. The lowest BCUT2D eigenvalue weighted by Crippen LogP contribution is -2.14. The number of hydrogen-bond acceptors (Lipinski definition) is 5. The largest absolute Gasteiger partial charge is 0.387 e. The summed E-state index contributed by atoms with van der Waals surface area (Å²) < 4.78 is 0. The molecule has 2 aromatic rings. The number of aromatic nitrogens is 2. The van der Waals surface area contributed by atoms with E-state index in [0.29, 0.717) is 22.4 Å². The van der Waals surface area contributed by atoms with Crippen LogP contribution in [0.1, 0.15) is 11.7 Å². The van der Waals surface area contributed by atoms with Crippen molar-refractivity contribution >= 4 is 23.4 Å². The fraction of sp³-hybridized carbons (Fsp3) is 0.231. The van der Waals surface area contributed by atoms with E-state index in [1.165, 1.54) is 0 Å². The van der Waals surface area contributed by atoms with Crippen LogP contribution in [0.4, 0.5) is 11.8 Å². The maximum absolute atomic E-state index is 10.1. The van der Waals surface area contributed by atoms with Crippen molar-refractivity contribution < 1.29 is 5.11 Å². The molecule has 5 nitrogen and oxygen atoms in total. The Kier molecular flexibility index (Phi) is 4.54. The van der Waals surface area contributed by atoms with Crippen LogP contribution in [-0.2, 0) is 0 Å². The molecular weight excluding hydrogens is 264 g/mol. The first-order chi connectivity index (χ1) is 9.20. The highest BCUT2D eigenvalue weighted by Crippen LogP contribution is 2.22. The van der Waals surface area contributed by atoms with Crippen LogP contribution in [0.5, 0.6) is 0 Å². The minimum absolute atomic E-state index is 0.289. The molecule has 0 radical (unpaired) electrons. The lowest BCUT2D eigenvalue weighted by atomic mass is 10.1. The van der Waals surface area contributed by atoms with E-state index in [1.54, 1.807) is 31.4 Å². The van der Waals surface area contributed by atoms with Crippen LogP contribution in [-0.4, -0.2) is 28.7 Å². The molecule has 0 bridgehead atoms. The predicted molar refractivity (Wildman–Crippen MR) is 76.5 cm³/mol. The minimum atomic E-state index is -0.712. The van der Waals surface area contributed by atoms with E-state index < -0.39 is 6.10 Å². The number of aliphatic hydroxyl groups is 1. The number of rotatable bonds is 5. The summed E-state index contributed by atoms with van der Waals surface area (Å²) in [6.07, 6.45) is 0.929. The van der Waals surface area contributed by atoms with Crippen LogP contribution in [0.25, 0.3) is 0 Å². The Morgan fingerprint density at radius 1 is 1.32 bits per heavy atom. The van der Waals surface area contributed by atoms with Crippen molar-refractivity contribution in [3.8, 4) is 0 Å². The molecule has 1 heterocycles. The van der Waals surface area contributed by atoms with Gasteiger partial charge in [-0.1, -0.05) is 29.8 Å². The number of anilines is 2. The second-order valence-electron chi connectivity index (χ2n) is 3.93. The SMILES string of the molecule is CNc1ccnc(NC[C@@H](O)c2ccccc2Cl)n1. The van der Waals surface area contributed by atoms with E-state index in [-0.39, 0.29) is 6.54 Å². The van der Waals surface area contributed by atoms with Crippen LogP contribution in [0, 0.1) is 0 Å². The van der Waals surface area contributed by atoms with Gasteiger partial charge in [0.15, 0.2) is 0 Å². The van der Waals surface area contributed by atoms with E-state index in [1.807, 2.05) is 12.1 Å². The van der Waals surface area contributed by atoms with Gasteiger partial charge in [0.1, 0.15) is 5.82 Å². The first-order valence-electron chi connectivity index (χ1n) is 5.88. The van der Waals surface area contributed by atoms with Gasteiger partial charge in [-0.25, -0.2) is 4.98 Å². The third-order valence-electron chi connectivity index (χ3n) is 2.63. The average Bonchev–Trinajstić information content (AvgIpc) is 2.45. The molecule has 0 unspecified atom stereocenters. The highest BCUT2D eigenvalue weighted by atomic mass is 35.5. The zero-order valence-corrected chi connectivity index (χ0v) is 11.2. The first-order valence-corrected chi connectivity index (χ1v) is 6.25. The molecular formula is C13H15ClN4O. The lowest BCUT2D eigenvalue weighted by Gasteiger charge is -2.13. The Hall–Kier alpha value is -1.85. The van der Waals surface area contributed by atoms with Crippen molar-refractivity contribution in [3.05, 3.63) is 47.1 Å². The van der Waals surface area contributed by atoms with E-state index >= 15 is 0 Å². The van der Waals surface area contributed by atoms with Crippen molar-refractivity contribution in [2.45, 2.75) is 6.10 Å². The fourth-order valence-electron chi connectivity index (χ4n) is 1.63. The summed E-state index contributed by atoms with van der Waals surface area (Å²) in [6, 6.07) is 8.96.